The van der Waals surface area contributed by atoms with Crippen LogP contribution in [0, 0.1) is 0 Å². The number of nitrogens with zero attached hydrogens (tertiary/aromatic N) is 2. The minimum atomic E-state index is -0.154. The molecule has 28 heavy (non-hydrogen) atoms. The second-order valence-corrected chi connectivity index (χ2v) is 6.85. The molecule has 0 spiro atoms. The summed E-state index contributed by atoms with van der Waals surface area (Å²) in [6, 6.07) is 12.0. The molecule has 0 saturated carbocycles. The van der Waals surface area contributed by atoms with Crippen molar-refractivity contribution >= 4 is 34.6 Å². The molecule has 144 valence electrons. The van der Waals surface area contributed by atoms with E-state index < -0.39 is 0 Å². The van der Waals surface area contributed by atoms with Crippen molar-refractivity contribution in [3.05, 3.63) is 65.6 Å². The second-order valence-electron chi connectivity index (χ2n) is 5.84. The number of amides is 1. The van der Waals surface area contributed by atoms with E-state index in [1.165, 1.54) is 11.8 Å². The number of hydrogen-bond acceptors (Lipinski definition) is 6. The molecule has 1 saturated heterocycles. The van der Waals surface area contributed by atoms with Gasteiger partial charge in [-0.1, -0.05) is 18.2 Å². The zero-order valence-corrected chi connectivity index (χ0v) is 16.4. The van der Waals surface area contributed by atoms with Crippen molar-refractivity contribution in [2.75, 3.05) is 20.8 Å². The Hall–Kier alpha value is -3.19. The average molecular weight is 396 g/mol. The van der Waals surface area contributed by atoms with E-state index in [4.69, 9.17) is 9.47 Å². The first-order valence-corrected chi connectivity index (χ1v) is 9.29. The van der Waals surface area contributed by atoms with E-state index in [-0.39, 0.29) is 11.7 Å². The topological polar surface area (TPSA) is 71.4 Å². The molecule has 0 atom stereocenters. The van der Waals surface area contributed by atoms with E-state index in [2.05, 4.69) is 11.6 Å². The highest BCUT2D eigenvalue weighted by molar-refractivity contribution is 8.18. The number of carbonyl (C=O) groups excluding carboxylic acids is 1. The number of methoxy groups -OCH3 is 2. The predicted molar refractivity (Wildman–Crippen MR) is 112 cm³/mol. The number of rotatable bonds is 6. The minimum Gasteiger partial charge on any atom is -0.508 e. The van der Waals surface area contributed by atoms with Gasteiger partial charge in [0.1, 0.15) is 5.75 Å². The van der Waals surface area contributed by atoms with E-state index in [0.29, 0.717) is 33.8 Å². The van der Waals surface area contributed by atoms with Crippen LogP contribution in [0.2, 0.25) is 0 Å². The number of amidine groups is 1. The van der Waals surface area contributed by atoms with Gasteiger partial charge in [-0.3, -0.25) is 9.69 Å². The van der Waals surface area contributed by atoms with Crippen molar-refractivity contribution in [1.82, 2.24) is 4.90 Å². The summed E-state index contributed by atoms with van der Waals surface area (Å²) in [6.07, 6.45) is 3.44. The Balaban J connectivity index is 1.96. The summed E-state index contributed by atoms with van der Waals surface area (Å²) in [5.74, 6) is 1.17. The highest BCUT2D eigenvalue weighted by atomic mass is 32.2. The van der Waals surface area contributed by atoms with Crippen LogP contribution >= 0.6 is 11.8 Å². The smallest absolute Gasteiger partial charge is 0.267 e. The van der Waals surface area contributed by atoms with E-state index in [1.54, 1.807) is 61.6 Å². The zero-order chi connectivity index (χ0) is 20.1. The summed E-state index contributed by atoms with van der Waals surface area (Å²) < 4.78 is 10.6. The summed E-state index contributed by atoms with van der Waals surface area (Å²) in [4.78, 5) is 19.4. The lowest BCUT2D eigenvalue weighted by molar-refractivity contribution is -0.121. The van der Waals surface area contributed by atoms with Crippen molar-refractivity contribution in [2.45, 2.75) is 0 Å². The van der Waals surface area contributed by atoms with Crippen molar-refractivity contribution < 1.29 is 19.4 Å². The third-order valence-electron chi connectivity index (χ3n) is 3.96. The van der Waals surface area contributed by atoms with E-state index in [1.807, 2.05) is 12.1 Å². The van der Waals surface area contributed by atoms with Crippen molar-refractivity contribution in [3.8, 4) is 17.2 Å². The summed E-state index contributed by atoms with van der Waals surface area (Å²) in [7, 11) is 3.14. The van der Waals surface area contributed by atoms with Gasteiger partial charge in [0.25, 0.3) is 5.91 Å². The monoisotopic (exact) mass is 396 g/mol. The van der Waals surface area contributed by atoms with Gasteiger partial charge >= 0.3 is 0 Å². The average Bonchev–Trinajstić information content (AvgIpc) is 2.97. The van der Waals surface area contributed by atoms with Crippen LogP contribution in [0.25, 0.3) is 6.08 Å². The Kier molecular flexibility index (Phi) is 6.06. The fourth-order valence-electron chi connectivity index (χ4n) is 2.65. The molecule has 1 aliphatic rings. The fourth-order valence-corrected chi connectivity index (χ4v) is 3.66. The van der Waals surface area contributed by atoms with Crippen LogP contribution in [0.5, 0.6) is 17.2 Å². The molecule has 1 N–H and O–H groups in total. The molecule has 1 amide bonds. The molecule has 0 unspecified atom stereocenters. The third kappa shape index (κ3) is 4.20. The molecule has 0 radical (unpaired) electrons. The van der Waals surface area contributed by atoms with Gasteiger partial charge in [0.2, 0.25) is 0 Å². The van der Waals surface area contributed by atoms with Gasteiger partial charge in [-0.2, -0.15) is 0 Å². The molecule has 2 aromatic rings. The Morgan fingerprint density at radius 1 is 1.18 bits per heavy atom. The number of benzene rings is 2. The summed E-state index contributed by atoms with van der Waals surface area (Å²) in [5, 5.41) is 10.2. The van der Waals surface area contributed by atoms with Crippen LogP contribution in [0.4, 0.5) is 5.69 Å². The summed E-state index contributed by atoms with van der Waals surface area (Å²) in [5.41, 5.74) is 1.38. The molecule has 2 aromatic carbocycles. The Labute approximate surface area is 167 Å². The van der Waals surface area contributed by atoms with Crippen molar-refractivity contribution in [1.29, 1.82) is 0 Å². The maximum Gasteiger partial charge on any atom is 0.267 e. The molecule has 1 fully saturated rings. The van der Waals surface area contributed by atoms with E-state index >= 15 is 0 Å². The van der Waals surface area contributed by atoms with Gasteiger partial charge < -0.3 is 14.6 Å². The Morgan fingerprint density at radius 2 is 1.96 bits per heavy atom. The number of hydrogen-bond donors (Lipinski definition) is 1. The van der Waals surface area contributed by atoms with Crippen LogP contribution in [0.3, 0.4) is 0 Å². The van der Waals surface area contributed by atoms with Gasteiger partial charge in [-0.05, 0) is 47.7 Å². The second kappa shape index (κ2) is 8.67. The highest BCUT2D eigenvalue weighted by Crippen LogP contribution is 2.36. The first kappa shape index (κ1) is 19.6. The van der Waals surface area contributed by atoms with E-state index in [9.17, 15) is 9.90 Å². The summed E-state index contributed by atoms with van der Waals surface area (Å²) >= 11 is 1.27. The third-order valence-corrected chi connectivity index (χ3v) is 4.97. The Bertz CT molecular complexity index is 969. The van der Waals surface area contributed by atoms with Crippen LogP contribution in [0.1, 0.15) is 5.56 Å². The molecule has 0 aromatic heterocycles. The molecular weight excluding hydrogens is 376 g/mol. The zero-order valence-electron chi connectivity index (χ0n) is 15.6. The number of aliphatic imine (C=N–C) groups is 1. The Morgan fingerprint density at radius 3 is 2.64 bits per heavy atom. The minimum absolute atomic E-state index is 0.118. The van der Waals surface area contributed by atoms with Crippen molar-refractivity contribution in [3.63, 3.8) is 0 Å². The standard InChI is InChI=1S/C21H20N2O4S/c1-4-10-23-20(25)19(12-14-8-9-17(26-2)18(11-14)27-3)28-21(23)22-15-6-5-7-16(24)13-15/h4-9,11-13,24H,1,10H2,2-3H3/b19-12+,22-21?. The lowest BCUT2D eigenvalue weighted by atomic mass is 10.2. The molecule has 0 bridgehead atoms. The van der Waals surface area contributed by atoms with Gasteiger partial charge in [-0.15, -0.1) is 6.58 Å². The fraction of sp³-hybridized carbons (Fsp3) is 0.143. The predicted octanol–water partition coefficient (Wildman–Crippen LogP) is 4.20. The number of carbonyl (C=O) groups is 1. The number of thioether (sulfide) groups is 1. The highest BCUT2D eigenvalue weighted by Gasteiger charge is 2.32. The molecule has 3 rings (SSSR count). The maximum absolute atomic E-state index is 12.8. The molecule has 1 heterocycles. The van der Waals surface area contributed by atoms with Gasteiger partial charge in [0, 0.05) is 12.6 Å². The first-order chi connectivity index (χ1) is 13.5. The van der Waals surface area contributed by atoms with Crippen LogP contribution in [0.15, 0.2) is 65.0 Å². The maximum atomic E-state index is 12.8. The molecule has 6 nitrogen and oxygen atoms in total. The van der Waals surface area contributed by atoms with Crippen LogP contribution in [-0.4, -0.2) is 41.8 Å². The largest absolute Gasteiger partial charge is 0.508 e. The SMILES string of the molecule is C=CCN1C(=O)/C(=C\c2ccc(OC)c(OC)c2)SC1=Nc1cccc(O)c1. The van der Waals surface area contributed by atoms with Crippen molar-refractivity contribution in [2.24, 2.45) is 4.99 Å². The molecule has 0 aliphatic carbocycles. The first-order valence-electron chi connectivity index (χ1n) is 8.47. The van der Waals surface area contributed by atoms with Crippen LogP contribution in [-0.2, 0) is 4.79 Å². The van der Waals surface area contributed by atoms with Gasteiger partial charge in [-0.25, -0.2) is 4.99 Å². The van der Waals surface area contributed by atoms with Gasteiger partial charge in [0.05, 0.1) is 24.8 Å². The normalized spacial score (nSPS) is 16.6. The number of phenols is 1. The lowest BCUT2D eigenvalue weighted by Crippen LogP contribution is -2.29. The van der Waals surface area contributed by atoms with Crippen LogP contribution < -0.4 is 9.47 Å². The molecule has 1 aliphatic heterocycles. The quantitative estimate of drug-likeness (QED) is 0.585. The number of aromatic hydroxyl groups is 1. The number of ether oxygens (including phenoxy) is 2. The lowest BCUT2D eigenvalue weighted by Gasteiger charge is -2.12. The molecular formula is C21H20N2O4S. The molecule has 7 heteroatoms. The van der Waals surface area contributed by atoms with E-state index in [0.717, 1.165) is 5.56 Å². The summed E-state index contributed by atoms with van der Waals surface area (Å²) in [6.45, 7) is 4.06. The number of phenolic OH excluding ortho intramolecular Hbond substituents is 1. The van der Waals surface area contributed by atoms with Gasteiger partial charge in [0.15, 0.2) is 16.7 Å².